The molecule has 0 saturated carbocycles. The van der Waals surface area contributed by atoms with Gasteiger partial charge in [0, 0.05) is 51.7 Å². The summed E-state index contributed by atoms with van der Waals surface area (Å²) in [5.41, 5.74) is 2.29. The molecule has 6 rings (SSSR count). The topological polar surface area (TPSA) is 131 Å². The molecule has 0 atom stereocenters. The van der Waals surface area contributed by atoms with Gasteiger partial charge in [-0.25, -0.2) is 8.78 Å². The van der Waals surface area contributed by atoms with Gasteiger partial charge in [-0.2, -0.15) is 0 Å². The number of halogens is 2. The number of para-hydroxylation sites is 1. The molecule has 0 aliphatic rings. The van der Waals surface area contributed by atoms with Gasteiger partial charge >= 0.3 is 0 Å². The first-order chi connectivity index (χ1) is 22.4. The van der Waals surface area contributed by atoms with Crippen LogP contribution in [0, 0.1) is 25.5 Å². The van der Waals surface area contributed by atoms with E-state index in [9.17, 15) is 38.8 Å². The number of fused-ring (bicyclic) bond motifs is 1. The molecule has 1 heterocycles. The zero-order chi connectivity index (χ0) is 33.6. The molecule has 0 amide bonds. The first-order valence-electron chi connectivity index (χ1n) is 14.7. The summed E-state index contributed by atoms with van der Waals surface area (Å²) in [6.07, 6.45) is -0.181. The fraction of sp³-hybridized carbons (Fsp3) is 0.105. The highest BCUT2D eigenvalue weighted by Gasteiger charge is 2.26. The third-order valence-electron chi connectivity index (χ3n) is 8.39. The van der Waals surface area contributed by atoms with Crippen LogP contribution in [0.3, 0.4) is 0 Å². The molecular weight excluding hydrogens is 604 g/mol. The molecule has 0 bridgehead atoms. The number of carbonyl (C=O) groups is 2. The SMILES string of the molecule is Cc1cc(C(=O)c2cccc(F)c2)c(O)c(Cc2[nH]c3ccccc3c2Cc2c(O)c(C)cc(C(=O)c3cccc(F)c3)c2O)c1O. The number of nitrogens with one attached hydrogen (secondary N) is 1. The van der Waals surface area contributed by atoms with Gasteiger partial charge in [-0.3, -0.25) is 9.59 Å². The van der Waals surface area contributed by atoms with Crippen molar-refractivity contribution < 1.29 is 38.8 Å². The Morgan fingerprint density at radius 2 is 1.09 bits per heavy atom. The van der Waals surface area contributed by atoms with Crippen LogP contribution in [0.25, 0.3) is 10.9 Å². The molecule has 9 heteroatoms. The Labute approximate surface area is 268 Å². The quantitative estimate of drug-likeness (QED) is 0.110. The summed E-state index contributed by atoms with van der Waals surface area (Å²) in [7, 11) is 0. The van der Waals surface area contributed by atoms with Gasteiger partial charge in [0.05, 0.1) is 11.1 Å². The minimum Gasteiger partial charge on any atom is -0.507 e. The Morgan fingerprint density at radius 3 is 1.60 bits per heavy atom. The average molecular weight is 634 g/mol. The third-order valence-corrected chi connectivity index (χ3v) is 8.39. The second-order valence-electron chi connectivity index (χ2n) is 11.5. The number of hydrogen-bond donors (Lipinski definition) is 5. The van der Waals surface area contributed by atoms with Crippen LogP contribution in [0.5, 0.6) is 23.0 Å². The summed E-state index contributed by atoms with van der Waals surface area (Å²) < 4.78 is 27.8. The van der Waals surface area contributed by atoms with Crippen molar-refractivity contribution in [1.82, 2.24) is 4.98 Å². The van der Waals surface area contributed by atoms with Crippen molar-refractivity contribution in [3.63, 3.8) is 0 Å². The molecule has 0 spiro atoms. The van der Waals surface area contributed by atoms with E-state index in [0.29, 0.717) is 33.3 Å². The maximum absolute atomic E-state index is 13.9. The normalized spacial score (nSPS) is 11.2. The number of H-pyrrole nitrogens is 1. The van der Waals surface area contributed by atoms with Gasteiger partial charge < -0.3 is 25.4 Å². The number of aromatic amines is 1. The zero-order valence-corrected chi connectivity index (χ0v) is 25.4. The van der Waals surface area contributed by atoms with Crippen LogP contribution < -0.4 is 0 Å². The molecule has 0 aliphatic heterocycles. The Bertz CT molecular complexity index is 2240. The van der Waals surface area contributed by atoms with Crippen molar-refractivity contribution in [3.8, 4) is 23.0 Å². The Kier molecular flexibility index (Phi) is 7.99. The molecule has 1 aromatic heterocycles. The standard InChI is InChI=1S/C38H29F2NO6/c1-19-13-27(35(44)21-7-5-9-23(39)15-21)37(46)29(33(19)42)17-26-25-11-3-4-12-31(25)41-32(26)18-30-34(43)20(2)14-28(38(30)47)36(45)22-8-6-10-24(40)16-22/h3-16,41-43,46-47H,17-18H2,1-2H3. The highest BCUT2D eigenvalue weighted by atomic mass is 19.1. The third kappa shape index (κ3) is 5.68. The average Bonchev–Trinajstić information content (AvgIpc) is 3.40. The van der Waals surface area contributed by atoms with Gasteiger partial charge in [-0.1, -0.05) is 42.5 Å². The summed E-state index contributed by atoms with van der Waals surface area (Å²) in [5.74, 6) is -3.91. The molecule has 7 nitrogen and oxygen atoms in total. The number of phenolic OH excluding ortho intramolecular Hbond substituents is 4. The number of aryl methyl sites for hydroxylation is 2. The molecule has 5 N–H and O–H groups in total. The second-order valence-corrected chi connectivity index (χ2v) is 11.5. The largest absolute Gasteiger partial charge is 0.507 e. The van der Waals surface area contributed by atoms with Gasteiger partial charge in [0.2, 0.25) is 0 Å². The van der Waals surface area contributed by atoms with E-state index in [1.165, 1.54) is 48.5 Å². The van der Waals surface area contributed by atoms with Crippen molar-refractivity contribution in [2.45, 2.75) is 26.7 Å². The van der Waals surface area contributed by atoms with E-state index in [0.717, 1.165) is 12.1 Å². The van der Waals surface area contributed by atoms with Gasteiger partial charge in [0.15, 0.2) is 11.6 Å². The maximum atomic E-state index is 13.9. The minimum absolute atomic E-state index is 0.0247. The van der Waals surface area contributed by atoms with Crippen molar-refractivity contribution in [3.05, 3.63) is 152 Å². The highest BCUT2D eigenvalue weighted by Crippen LogP contribution is 2.41. The molecule has 0 aliphatic carbocycles. The predicted molar refractivity (Wildman–Crippen MR) is 173 cm³/mol. The molecule has 6 aromatic rings. The number of phenols is 4. The number of benzene rings is 5. The van der Waals surface area contributed by atoms with E-state index in [-0.39, 0.29) is 57.7 Å². The number of aromatic nitrogens is 1. The summed E-state index contributed by atoms with van der Waals surface area (Å²) in [6.45, 7) is 3.16. The lowest BCUT2D eigenvalue weighted by atomic mass is 9.90. The summed E-state index contributed by atoms with van der Waals surface area (Å²) in [4.78, 5) is 30.0. The van der Waals surface area contributed by atoms with Crippen molar-refractivity contribution >= 4 is 22.5 Å². The van der Waals surface area contributed by atoms with E-state index in [1.54, 1.807) is 26.0 Å². The monoisotopic (exact) mass is 633 g/mol. The molecule has 0 fully saturated rings. The smallest absolute Gasteiger partial charge is 0.196 e. The van der Waals surface area contributed by atoms with Gasteiger partial charge in [-0.05, 0) is 73.0 Å². The van der Waals surface area contributed by atoms with E-state index in [4.69, 9.17) is 0 Å². The molecular formula is C38H29F2NO6. The first-order valence-corrected chi connectivity index (χ1v) is 14.7. The van der Waals surface area contributed by atoms with E-state index in [1.807, 2.05) is 12.1 Å². The van der Waals surface area contributed by atoms with Crippen LogP contribution >= 0.6 is 0 Å². The van der Waals surface area contributed by atoms with Crippen LogP contribution in [0.2, 0.25) is 0 Å². The van der Waals surface area contributed by atoms with Gasteiger partial charge in [-0.15, -0.1) is 0 Å². The predicted octanol–water partition coefficient (Wildman–Crippen LogP) is 7.53. The lowest BCUT2D eigenvalue weighted by Gasteiger charge is -2.16. The summed E-state index contributed by atoms with van der Waals surface area (Å²) in [6, 6.07) is 20.1. The maximum Gasteiger partial charge on any atom is 0.196 e. The fourth-order valence-electron chi connectivity index (χ4n) is 5.95. The second kappa shape index (κ2) is 12.1. The Hall–Kier alpha value is -5.96. The van der Waals surface area contributed by atoms with E-state index >= 15 is 0 Å². The number of ketones is 2. The highest BCUT2D eigenvalue weighted by molar-refractivity contribution is 6.12. The van der Waals surface area contributed by atoms with Crippen LogP contribution in [0.4, 0.5) is 8.78 Å². The Balaban J connectivity index is 1.46. The van der Waals surface area contributed by atoms with Crippen LogP contribution in [-0.2, 0) is 12.8 Å². The van der Waals surface area contributed by atoms with Crippen molar-refractivity contribution in [1.29, 1.82) is 0 Å². The van der Waals surface area contributed by atoms with Gasteiger partial charge in [0.25, 0.3) is 0 Å². The Morgan fingerprint density at radius 1 is 0.596 bits per heavy atom. The molecule has 236 valence electrons. The van der Waals surface area contributed by atoms with E-state index < -0.39 is 34.7 Å². The number of aromatic hydroxyl groups is 4. The summed E-state index contributed by atoms with van der Waals surface area (Å²) in [5, 5.41) is 45.6. The molecule has 0 radical (unpaired) electrons. The van der Waals surface area contributed by atoms with Crippen LogP contribution in [-0.4, -0.2) is 37.0 Å². The lowest BCUT2D eigenvalue weighted by molar-refractivity contribution is 0.102. The zero-order valence-electron chi connectivity index (χ0n) is 25.4. The molecule has 0 unspecified atom stereocenters. The number of carbonyl (C=O) groups excluding carboxylic acids is 2. The minimum atomic E-state index is -0.631. The lowest BCUT2D eigenvalue weighted by Crippen LogP contribution is -2.07. The van der Waals surface area contributed by atoms with Crippen molar-refractivity contribution in [2.75, 3.05) is 0 Å². The number of rotatable bonds is 8. The molecule has 5 aromatic carbocycles. The first kappa shape index (κ1) is 31.0. The fourth-order valence-corrected chi connectivity index (χ4v) is 5.95. The summed E-state index contributed by atoms with van der Waals surface area (Å²) >= 11 is 0. The van der Waals surface area contributed by atoms with Gasteiger partial charge in [0.1, 0.15) is 34.6 Å². The molecule has 0 saturated heterocycles. The van der Waals surface area contributed by atoms with Crippen molar-refractivity contribution in [2.24, 2.45) is 0 Å². The molecule has 47 heavy (non-hydrogen) atoms. The van der Waals surface area contributed by atoms with Crippen LogP contribution in [0.15, 0.2) is 84.9 Å². The number of hydrogen-bond acceptors (Lipinski definition) is 6. The van der Waals surface area contributed by atoms with Crippen LogP contribution in [0.1, 0.15) is 65.4 Å². The van der Waals surface area contributed by atoms with E-state index in [2.05, 4.69) is 4.98 Å².